The topological polar surface area (TPSA) is 92.8 Å². The second-order valence-electron chi connectivity index (χ2n) is 9.08. The number of esters is 1. The first-order valence-corrected chi connectivity index (χ1v) is 13.6. The molecule has 1 heterocycles. The van der Waals surface area contributed by atoms with Gasteiger partial charge in [0.2, 0.25) is 10.0 Å². The standard InChI is InChI=1S/C27H32N2O5S/c1-20(26(30)28-17-15-21-7-3-2-4-8-21)34-27(31)23-11-13-25(14-12-23)35(32,33)29-18-16-22-9-5-6-10-24(22)19-29/h5-7,9-14,20H,2-4,8,15-19H2,1H3,(H,28,30)/t20-/m0/s1. The molecule has 7 nitrogen and oxygen atoms in total. The average molecular weight is 497 g/mol. The van der Waals surface area contributed by atoms with Crippen LogP contribution in [0.3, 0.4) is 0 Å². The Morgan fingerprint density at radius 3 is 2.49 bits per heavy atom. The van der Waals surface area contributed by atoms with Crippen molar-refractivity contribution in [1.29, 1.82) is 0 Å². The predicted molar refractivity (Wildman–Crippen MR) is 133 cm³/mol. The van der Waals surface area contributed by atoms with Gasteiger partial charge in [-0.2, -0.15) is 4.31 Å². The number of hydrogen-bond acceptors (Lipinski definition) is 5. The van der Waals surface area contributed by atoms with Gasteiger partial charge in [-0.15, -0.1) is 0 Å². The number of amides is 1. The van der Waals surface area contributed by atoms with Crippen LogP contribution in [0.25, 0.3) is 0 Å². The number of nitrogens with one attached hydrogen (secondary N) is 1. The Labute approximate surface area is 207 Å². The van der Waals surface area contributed by atoms with E-state index in [-0.39, 0.29) is 16.4 Å². The van der Waals surface area contributed by atoms with Crippen molar-refractivity contribution in [1.82, 2.24) is 9.62 Å². The summed E-state index contributed by atoms with van der Waals surface area (Å²) in [6, 6.07) is 13.5. The molecule has 0 bridgehead atoms. The highest BCUT2D eigenvalue weighted by molar-refractivity contribution is 7.89. The van der Waals surface area contributed by atoms with E-state index in [4.69, 9.17) is 4.74 Å². The molecule has 2 aromatic rings. The molecule has 186 valence electrons. The minimum Gasteiger partial charge on any atom is -0.449 e. The van der Waals surface area contributed by atoms with E-state index in [0.717, 1.165) is 24.8 Å². The fraction of sp³-hybridized carbons (Fsp3) is 0.407. The number of sulfonamides is 1. The maximum Gasteiger partial charge on any atom is 0.338 e. The van der Waals surface area contributed by atoms with Crippen LogP contribution in [0.2, 0.25) is 0 Å². The molecular formula is C27H32N2O5S. The number of fused-ring (bicyclic) bond motifs is 1. The third kappa shape index (κ3) is 6.18. The second-order valence-corrected chi connectivity index (χ2v) is 11.0. The number of benzene rings is 2. The third-order valence-electron chi connectivity index (χ3n) is 6.61. The zero-order valence-electron chi connectivity index (χ0n) is 20.0. The summed E-state index contributed by atoms with van der Waals surface area (Å²) in [5, 5.41) is 2.82. The summed E-state index contributed by atoms with van der Waals surface area (Å²) in [7, 11) is -3.69. The minimum atomic E-state index is -3.69. The number of rotatable bonds is 8. The highest BCUT2D eigenvalue weighted by atomic mass is 32.2. The first-order valence-electron chi connectivity index (χ1n) is 12.2. The number of carbonyl (C=O) groups is 2. The summed E-state index contributed by atoms with van der Waals surface area (Å²) in [5.74, 6) is -1.02. The molecule has 0 saturated heterocycles. The Kier molecular flexibility index (Phi) is 8.03. The van der Waals surface area contributed by atoms with Crippen LogP contribution < -0.4 is 5.32 Å². The Bertz CT molecular complexity index is 1200. The fourth-order valence-electron chi connectivity index (χ4n) is 4.49. The van der Waals surface area contributed by atoms with E-state index in [2.05, 4.69) is 11.4 Å². The number of hydrogen-bond donors (Lipinski definition) is 1. The van der Waals surface area contributed by atoms with Crippen LogP contribution in [-0.2, 0) is 32.5 Å². The number of allylic oxidation sites excluding steroid dienone is 1. The van der Waals surface area contributed by atoms with E-state index in [0.29, 0.717) is 26.1 Å². The Balaban J connectivity index is 1.31. The number of carbonyl (C=O) groups excluding carboxylic acids is 2. The molecule has 2 aromatic carbocycles. The first kappa shape index (κ1) is 25.1. The van der Waals surface area contributed by atoms with Crippen molar-refractivity contribution in [2.24, 2.45) is 0 Å². The highest BCUT2D eigenvalue weighted by Crippen LogP contribution is 2.25. The molecule has 4 rings (SSSR count). The normalized spacial score (nSPS) is 17.1. The van der Waals surface area contributed by atoms with Crippen LogP contribution >= 0.6 is 0 Å². The smallest absolute Gasteiger partial charge is 0.338 e. The maximum absolute atomic E-state index is 13.1. The molecular weight excluding hydrogens is 464 g/mol. The second kappa shape index (κ2) is 11.2. The third-order valence-corrected chi connectivity index (χ3v) is 8.47. The summed E-state index contributed by atoms with van der Waals surface area (Å²) in [5.41, 5.74) is 3.73. The largest absolute Gasteiger partial charge is 0.449 e. The molecule has 1 N–H and O–H groups in total. The van der Waals surface area contributed by atoms with Gasteiger partial charge in [0, 0.05) is 19.6 Å². The lowest BCUT2D eigenvalue weighted by Gasteiger charge is -2.28. The van der Waals surface area contributed by atoms with Crippen molar-refractivity contribution < 1.29 is 22.7 Å². The highest BCUT2D eigenvalue weighted by Gasteiger charge is 2.28. The molecule has 1 atom stereocenters. The molecule has 0 aromatic heterocycles. The predicted octanol–water partition coefficient (Wildman–Crippen LogP) is 3.99. The quantitative estimate of drug-likeness (QED) is 0.441. The molecule has 35 heavy (non-hydrogen) atoms. The molecule has 0 spiro atoms. The van der Waals surface area contributed by atoms with Crippen LogP contribution in [-0.4, -0.2) is 43.8 Å². The summed E-state index contributed by atoms with van der Waals surface area (Å²) < 4.78 is 33.0. The van der Waals surface area contributed by atoms with Crippen molar-refractivity contribution >= 4 is 21.9 Å². The molecule has 2 aliphatic rings. The molecule has 8 heteroatoms. The van der Waals surface area contributed by atoms with E-state index < -0.39 is 22.1 Å². The van der Waals surface area contributed by atoms with Crippen LogP contribution in [0.1, 0.15) is 60.5 Å². The van der Waals surface area contributed by atoms with Crippen LogP contribution in [0.4, 0.5) is 0 Å². The van der Waals surface area contributed by atoms with Gasteiger partial charge in [-0.3, -0.25) is 4.79 Å². The molecule has 1 aliphatic carbocycles. The van der Waals surface area contributed by atoms with Gasteiger partial charge in [-0.1, -0.05) is 35.9 Å². The van der Waals surface area contributed by atoms with Crippen molar-refractivity contribution in [2.45, 2.75) is 63.0 Å². The Hall–Kier alpha value is -2.97. The molecule has 0 fully saturated rings. The van der Waals surface area contributed by atoms with Gasteiger partial charge in [0.15, 0.2) is 6.10 Å². The average Bonchev–Trinajstić information content (AvgIpc) is 2.89. The van der Waals surface area contributed by atoms with Crippen LogP contribution in [0, 0.1) is 0 Å². The zero-order valence-corrected chi connectivity index (χ0v) is 20.9. The van der Waals surface area contributed by atoms with E-state index in [1.807, 2.05) is 24.3 Å². The van der Waals surface area contributed by atoms with Gasteiger partial charge in [-0.05, 0) is 80.8 Å². The lowest BCUT2D eigenvalue weighted by atomic mass is 9.97. The van der Waals surface area contributed by atoms with Gasteiger partial charge in [0.05, 0.1) is 10.5 Å². The summed E-state index contributed by atoms with van der Waals surface area (Å²) in [6.45, 7) is 2.78. The monoisotopic (exact) mass is 496 g/mol. The lowest BCUT2D eigenvalue weighted by molar-refractivity contribution is -0.129. The van der Waals surface area contributed by atoms with Crippen molar-refractivity contribution in [3.05, 3.63) is 76.9 Å². The Morgan fingerprint density at radius 2 is 1.77 bits per heavy atom. The fourth-order valence-corrected chi connectivity index (χ4v) is 5.91. The van der Waals surface area contributed by atoms with E-state index >= 15 is 0 Å². The van der Waals surface area contributed by atoms with Gasteiger partial charge in [0.1, 0.15) is 0 Å². The van der Waals surface area contributed by atoms with Gasteiger partial charge in [0.25, 0.3) is 5.91 Å². The van der Waals surface area contributed by atoms with Gasteiger partial charge >= 0.3 is 5.97 Å². The molecule has 0 radical (unpaired) electrons. The lowest BCUT2D eigenvalue weighted by Crippen LogP contribution is -2.36. The Morgan fingerprint density at radius 1 is 1.03 bits per heavy atom. The number of nitrogens with zero attached hydrogens (tertiary/aromatic N) is 1. The van der Waals surface area contributed by atoms with E-state index in [1.54, 1.807) is 0 Å². The van der Waals surface area contributed by atoms with Crippen LogP contribution in [0.5, 0.6) is 0 Å². The van der Waals surface area contributed by atoms with Gasteiger partial charge in [-0.25, -0.2) is 13.2 Å². The first-order chi connectivity index (χ1) is 16.8. The summed E-state index contributed by atoms with van der Waals surface area (Å²) >= 11 is 0. The zero-order chi connectivity index (χ0) is 24.8. The minimum absolute atomic E-state index is 0.122. The van der Waals surface area contributed by atoms with Crippen LogP contribution in [0.15, 0.2) is 65.1 Å². The molecule has 0 saturated carbocycles. The van der Waals surface area contributed by atoms with E-state index in [1.165, 1.54) is 59.5 Å². The molecule has 1 aliphatic heterocycles. The number of ether oxygens (including phenoxy) is 1. The molecule has 0 unspecified atom stereocenters. The van der Waals surface area contributed by atoms with Crippen molar-refractivity contribution in [3.8, 4) is 0 Å². The van der Waals surface area contributed by atoms with Crippen molar-refractivity contribution in [3.63, 3.8) is 0 Å². The maximum atomic E-state index is 13.1. The summed E-state index contributed by atoms with van der Waals surface area (Å²) in [6.07, 6.45) is 7.37. The van der Waals surface area contributed by atoms with E-state index in [9.17, 15) is 18.0 Å². The summed E-state index contributed by atoms with van der Waals surface area (Å²) in [4.78, 5) is 24.9. The SMILES string of the molecule is C[C@H](OC(=O)c1ccc(S(=O)(=O)N2CCc3ccccc3C2)cc1)C(=O)NCCC1=CCCCC1. The van der Waals surface area contributed by atoms with Gasteiger partial charge < -0.3 is 10.1 Å². The molecule has 1 amide bonds. The van der Waals surface area contributed by atoms with Crippen molar-refractivity contribution in [2.75, 3.05) is 13.1 Å².